The molecule has 0 fully saturated rings. The number of oxime groups is 1. The number of nitrogens with zero attached hydrogens (tertiary/aromatic N) is 2. The molecule has 0 atom stereocenters. The maximum absolute atomic E-state index is 12.3. The SMILES string of the molecule is CNCCCCN(C)CCCNC(=O)/C(Cc1cc(Br)c(OC)c(Br)c1)=N/O.Cl.Cl. The van der Waals surface area contributed by atoms with E-state index >= 15 is 0 Å². The van der Waals surface area contributed by atoms with Gasteiger partial charge in [0.1, 0.15) is 11.5 Å². The number of unbranched alkanes of at least 4 members (excludes halogenated alkanes) is 1. The highest BCUT2D eigenvalue weighted by Gasteiger charge is 2.15. The van der Waals surface area contributed by atoms with Gasteiger partial charge in [0.15, 0.2) is 0 Å². The number of benzene rings is 1. The summed E-state index contributed by atoms with van der Waals surface area (Å²) in [5, 5.41) is 18.4. The summed E-state index contributed by atoms with van der Waals surface area (Å²) in [6, 6.07) is 3.68. The molecule has 3 N–H and O–H groups in total. The first-order valence-corrected chi connectivity index (χ1v) is 10.9. The molecule has 0 aliphatic carbocycles. The van der Waals surface area contributed by atoms with Crippen LogP contribution in [0, 0.1) is 0 Å². The summed E-state index contributed by atoms with van der Waals surface area (Å²) in [5.41, 5.74) is 0.896. The molecule has 0 aliphatic rings. The van der Waals surface area contributed by atoms with Crippen molar-refractivity contribution in [2.75, 3.05) is 47.4 Å². The van der Waals surface area contributed by atoms with Crippen LogP contribution in [0.25, 0.3) is 0 Å². The van der Waals surface area contributed by atoms with Crippen LogP contribution in [-0.2, 0) is 11.2 Å². The van der Waals surface area contributed by atoms with Gasteiger partial charge < -0.3 is 25.5 Å². The van der Waals surface area contributed by atoms with Gasteiger partial charge in [-0.05, 0) is 103 Å². The largest absolute Gasteiger partial charge is 0.494 e. The molecule has 0 unspecified atom stereocenters. The number of carbonyl (C=O) groups excluding carboxylic acids is 1. The Bertz CT molecular complexity index is 644. The fourth-order valence-electron chi connectivity index (χ4n) is 2.71. The summed E-state index contributed by atoms with van der Waals surface area (Å²) in [6.07, 6.45) is 3.37. The van der Waals surface area contributed by atoms with E-state index in [1.165, 1.54) is 0 Å². The molecule has 0 spiro atoms. The number of ether oxygens (including phenoxy) is 1. The Kier molecular flexibility index (Phi) is 19.0. The smallest absolute Gasteiger partial charge is 0.269 e. The van der Waals surface area contributed by atoms with Crippen LogP contribution >= 0.6 is 56.7 Å². The van der Waals surface area contributed by atoms with Gasteiger partial charge in [-0.2, -0.15) is 0 Å². The normalized spacial score (nSPS) is 10.9. The number of carbonyl (C=O) groups is 1. The summed E-state index contributed by atoms with van der Waals surface area (Å²) in [6.45, 7) is 3.52. The Morgan fingerprint density at radius 1 is 1.13 bits per heavy atom. The van der Waals surface area contributed by atoms with E-state index in [0.29, 0.717) is 12.3 Å². The molecule has 7 nitrogen and oxygen atoms in total. The van der Waals surface area contributed by atoms with Crippen molar-refractivity contribution in [2.45, 2.75) is 25.7 Å². The van der Waals surface area contributed by atoms with Crippen LogP contribution in [0.4, 0.5) is 0 Å². The average molecular weight is 595 g/mol. The molecule has 1 rings (SSSR count). The zero-order valence-electron chi connectivity index (χ0n) is 17.5. The van der Waals surface area contributed by atoms with Gasteiger partial charge in [0.05, 0.1) is 16.1 Å². The molecule has 0 saturated heterocycles. The minimum atomic E-state index is -0.359. The van der Waals surface area contributed by atoms with Crippen molar-refractivity contribution < 1.29 is 14.7 Å². The lowest BCUT2D eigenvalue weighted by molar-refractivity contribution is -0.115. The summed E-state index contributed by atoms with van der Waals surface area (Å²) < 4.78 is 6.79. The molecule has 30 heavy (non-hydrogen) atoms. The third-order valence-corrected chi connectivity index (χ3v) is 5.41. The van der Waals surface area contributed by atoms with Gasteiger partial charge in [-0.15, -0.1) is 24.8 Å². The van der Waals surface area contributed by atoms with Gasteiger partial charge in [-0.25, -0.2) is 0 Å². The van der Waals surface area contributed by atoms with Crippen molar-refractivity contribution in [1.29, 1.82) is 0 Å². The summed E-state index contributed by atoms with van der Waals surface area (Å²) >= 11 is 6.86. The highest BCUT2D eigenvalue weighted by Crippen LogP contribution is 2.34. The van der Waals surface area contributed by atoms with E-state index in [-0.39, 0.29) is 42.9 Å². The number of rotatable bonds is 13. The molecular formula is C19H32Br2Cl2N4O3. The second-order valence-electron chi connectivity index (χ2n) is 6.54. The predicted octanol–water partition coefficient (Wildman–Crippen LogP) is 3.87. The number of methoxy groups -OCH3 is 1. The van der Waals surface area contributed by atoms with Crippen LogP contribution < -0.4 is 15.4 Å². The van der Waals surface area contributed by atoms with Crippen molar-refractivity contribution >= 4 is 68.3 Å². The molecule has 1 aromatic carbocycles. The lowest BCUT2D eigenvalue weighted by Gasteiger charge is -2.16. The molecule has 1 aromatic rings. The van der Waals surface area contributed by atoms with Crippen molar-refractivity contribution in [3.8, 4) is 5.75 Å². The number of hydrogen-bond acceptors (Lipinski definition) is 6. The van der Waals surface area contributed by atoms with Crippen LogP contribution in [-0.4, -0.2) is 69.1 Å². The van der Waals surface area contributed by atoms with E-state index in [2.05, 4.69) is 59.6 Å². The van der Waals surface area contributed by atoms with E-state index < -0.39 is 0 Å². The Labute approximate surface area is 208 Å². The Hall–Kier alpha value is -0.580. The van der Waals surface area contributed by atoms with Crippen molar-refractivity contribution in [2.24, 2.45) is 5.16 Å². The minimum absolute atomic E-state index is 0. The Morgan fingerprint density at radius 2 is 1.73 bits per heavy atom. The van der Waals surface area contributed by atoms with Gasteiger partial charge in [0.25, 0.3) is 5.91 Å². The van der Waals surface area contributed by atoms with Crippen LogP contribution in [0.1, 0.15) is 24.8 Å². The second-order valence-corrected chi connectivity index (χ2v) is 8.25. The molecule has 0 radical (unpaired) electrons. The van der Waals surface area contributed by atoms with Gasteiger partial charge >= 0.3 is 0 Å². The van der Waals surface area contributed by atoms with Crippen LogP contribution in [0.3, 0.4) is 0 Å². The number of nitrogens with one attached hydrogen (secondary N) is 2. The van der Waals surface area contributed by atoms with E-state index in [0.717, 1.165) is 53.4 Å². The molecule has 11 heteroatoms. The van der Waals surface area contributed by atoms with E-state index in [9.17, 15) is 10.0 Å². The quantitative estimate of drug-likeness (QED) is 0.140. The van der Waals surface area contributed by atoms with Gasteiger partial charge in [0, 0.05) is 13.0 Å². The molecule has 0 aromatic heterocycles. The summed E-state index contributed by atoms with van der Waals surface area (Å²) in [5.74, 6) is 0.313. The number of halogens is 4. The minimum Gasteiger partial charge on any atom is -0.494 e. The van der Waals surface area contributed by atoms with Crippen LogP contribution in [0.5, 0.6) is 5.75 Å². The fraction of sp³-hybridized carbons (Fsp3) is 0.579. The van der Waals surface area contributed by atoms with Crippen molar-refractivity contribution in [3.05, 3.63) is 26.6 Å². The molecule has 0 saturated carbocycles. The standard InChI is InChI=1S/C19H30Br2N4O3.2ClH/c1-22-7-4-5-9-25(2)10-6-8-23-19(26)17(24-27)13-14-11-15(20)18(28-3)16(21)12-14;;/h11-12,22,27H,4-10,13H2,1-3H3,(H,23,26);2*1H/b24-17+;;. The van der Waals surface area contributed by atoms with Crippen molar-refractivity contribution in [1.82, 2.24) is 15.5 Å². The van der Waals surface area contributed by atoms with Gasteiger partial charge in [-0.3, -0.25) is 4.79 Å². The highest BCUT2D eigenvalue weighted by atomic mass is 79.9. The Morgan fingerprint density at radius 3 is 2.27 bits per heavy atom. The van der Waals surface area contributed by atoms with Crippen LogP contribution in [0.2, 0.25) is 0 Å². The molecule has 0 heterocycles. The first-order chi connectivity index (χ1) is 13.4. The molecular weight excluding hydrogens is 563 g/mol. The summed E-state index contributed by atoms with van der Waals surface area (Å²) in [4.78, 5) is 14.5. The fourth-order valence-corrected chi connectivity index (χ4v) is 4.32. The third kappa shape index (κ3) is 11.7. The lowest BCUT2D eigenvalue weighted by atomic mass is 10.1. The van der Waals surface area contributed by atoms with Gasteiger partial charge in [-0.1, -0.05) is 5.16 Å². The van der Waals surface area contributed by atoms with E-state index in [1.54, 1.807) is 7.11 Å². The Balaban J connectivity index is 0. The second kappa shape index (κ2) is 18.0. The highest BCUT2D eigenvalue weighted by molar-refractivity contribution is 9.11. The molecule has 0 aliphatic heterocycles. The molecule has 1 amide bonds. The maximum Gasteiger partial charge on any atom is 0.269 e. The topological polar surface area (TPSA) is 86.2 Å². The van der Waals surface area contributed by atoms with E-state index in [4.69, 9.17) is 4.74 Å². The lowest BCUT2D eigenvalue weighted by Crippen LogP contribution is -2.34. The van der Waals surface area contributed by atoms with E-state index in [1.807, 2.05) is 19.2 Å². The van der Waals surface area contributed by atoms with Crippen molar-refractivity contribution in [3.63, 3.8) is 0 Å². The summed E-state index contributed by atoms with van der Waals surface area (Å²) in [7, 11) is 5.63. The molecule has 174 valence electrons. The first-order valence-electron chi connectivity index (χ1n) is 9.27. The first kappa shape index (κ1) is 31.6. The van der Waals surface area contributed by atoms with Gasteiger partial charge in [0.2, 0.25) is 0 Å². The third-order valence-electron chi connectivity index (χ3n) is 4.24. The predicted molar refractivity (Wildman–Crippen MR) is 134 cm³/mol. The number of hydrogen-bond donors (Lipinski definition) is 3. The molecule has 0 bridgehead atoms. The zero-order valence-corrected chi connectivity index (χ0v) is 22.3. The maximum atomic E-state index is 12.3. The average Bonchev–Trinajstić information content (AvgIpc) is 2.66. The monoisotopic (exact) mass is 592 g/mol. The number of amides is 1. The zero-order chi connectivity index (χ0) is 20.9. The van der Waals surface area contributed by atoms with Crippen LogP contribution in [0.15, 0.2) is 26.2 Å².